The summed E-state index contributed by atoms with van der Waals surface area (Å²) in [5.74, 6) is -0.733. The Labute approximate surface area is 123 Å². The summed E-state index contributed by atoms with van der Waals surface area (Å²) in [6.45, 7) is 1.39. The van der Waals surface area contributed by atoms with Crippen molar-refractivity contribution in [1.29, 1.82) is 0 Å². The van der Waals surface area contributed by atoms with E-state index in [0.29, 0.717) is 6.54 Å². The number of carbonyl (C=O) groups is 1. The zero-order chi connectivity index (χ0) is 13.1. The van der Waals surface area contributed by atoms with E-state index in [0.717, 1.165) is 40.4 Å². The minimum Gasteiger partial charge on any atom is -0.480 e. The first-order valence-corrected chi connectivity index (χ1v) is 7.43. The highest BCUT2D eigenvalue weighted by Gasteiger charge is 2.28. The van der Waals surface area contributed by atoms with E-state index < -0.39 is 5.97 Å². The summed E-state index contributed by atoms with van der Waals surface area (Å²) >= 11 is 6.82. The molecule has 0 radical (unpaired) electrons. The maximum Gasteiger partial charge on any atom is 0.320 e. The number of aliphatic carboxylic acids is 1. The molecular formula is C12H14Br2N2O2. The van der Waals surface area contributed by atoms with Crippen LogP contribution in [0.4, 0.5) is 0 Å². The number of carboxylic acids is 1. The van der Waals surface area contributed by atoms with Gasteiger partial charge in [0.1, 0.15) is 6.04 Å². The highest BCUT2D eigenvalue weighted by molar-refractivity contribution is 9.11. The largest absolute Gasteiger partial charge is 0.480 e. The molecule has 0 bridgehead atoms. The fourth-order valence-electron chi connectivity index (χ4n) is 2.21. The van der Waals surface area contributed by atoms with Crippen molar-refractivity contribution in [3.63, 3.8) is 0 Å². The average Bonchev–Trinajstić information content (AvgIpc) is 2.33. The van der Waals surface area contributed by atoms with Gasteiger partial charge in [-0.2, -0.15) is 0 Å². The van der Waals surface area contributed by atoms with Crippen LogP contribution in [0.1, 0.15) is 25.0 Å². The first kappa shape index (κ1) is 14.0. The summed E-state index contributed by atoms with van der Waals surface area (Å²) in [6, 6.07) is 1.55. The molecule has 1 fully saturated rings. The second kappa shape index (κ2) is 6.12. The number of rotatable bonds is 3. The van der Waals surface area contributed by atoms with Gasteiger partial charge in [-0.15, -0.1) is 0 Å². The van der Waals surface area contributed by atoms with Gasteiger partial charge in [-0.25, -0.2) is 0 Å². The second-order valence-electron chi connectivity index (χ2n) is 4.40. The number of hydrogen-bond donors (Lipinski definition) is 1. The summed E-state index contributed by atoms with van der Waals surface area (Å²) in [5.41, 5.74) is 0.881. The van der Waals surface area contributed by atoms with Crippen molar-refractivity contribution in [3.05, 3.63) is 26.9 Å². The van der Waals surface area contributed by atoms with Crippen molar-refractivity contribution < 1.29 is 9.90 Å². The number of pyridine rings is 1. The lowest BCUT2D eigenvalue weighted by molar-refractivity contribution is -0.144. The Balaban J connectivity index is 2.13. The molecule has 1 aliphatic rings. The molecule has 1 aliphatic heterocycles. The van der Waals surface area contributed by atoms with Crippen LogP contribution < -0.4 is 0 Å². The van der Waals surface area contributed by atoms with Crippen LogP contribution in [0.3, 0.4) is 0 Å². The standard InChI is InChI=1S/C12H14Br2N2O2/c13-8-5-9(14)10(15-6-8)7-16-4-2-1-3-11(16)12(17)18/h5-6,11H,1-4,7H2,(H,17,18). The third-order valence-electron chi connectivity index (χ3n) is 3.14. The SMILES string of the molecule is O=C(O)C1CCCCN1Cc1ncc(Br)cc1Br. The molecule has 0 amide bonds. The molecule has 0 aliphatic carbocycles. The van der Waals surface area contributed by atoms with Gasteiger partial charge >= 0.3 is 5.97 Å². The van der Waals surface area contributed by atoms with Crippen LogP contribution in [0, 0.1) is 0 Å². The number of nitrogens with zero attached hydrogens (tertiary/aromatic N) is 2. The zero-order valence-electron chi connectivity index (χ0n) is 9.77. The van der Waals surface area contributed by atoms with E-state index in [1.807, 2.05) is 11.0 Å². The van der Waals surface area contributed by atoms with E-state index in [1.165, 1.54) is 0 Å². The van der Waals surface area contributed by atoms with Crippen molar-refractivity contribution >= 4 is 37.8 Å². The van der Waals surface area contributed by atoms with Crippen LogP contribution in [-0.2, 0) is 11.3 Å². The van der Waals surface area contributed by atoms with Crippen LogP contribution in [0.2, 0.25) is 0 Å². The fourth-order valence-corrected chi connectivity index (χ4v) is 3.32. The molecule has 1 saturated heterocycles. The summed E-state index contributed by atoms with van der Waals surface area (Å²) < 4.78 is 1.82. The van der Waals surface area contributed by atoms with Crippen LogP contribution in [0.25, 0.3) is 0 Å². The van der Waals surface area contributed by atoms with Gasteiger partial charge in [0, 0.05) is 21.7 Å². The third kappa shape index (κ3) is 3.30. The van der Waals surface area contributed by atoms with Gasteiger partial charge < -0.3 is 5.11 Å². The highest BCUT2D eigenvalue weighted by atomic mass is 79.9. The molecule has 98 valence electrons. The lowest BCUT2D eigenvalue weighted by Gasteiger charge is -2.32. The molecule has 0 saturated carbocycles. The Morgan fingerprint density at radius 3 is 2.94 bits per heavy atom. The normalized spacial score (nSPS) is 20.9. The molecule has 18 heavy (non-hydrogen) atoms. The molecule has 1 aromatic rings. The van der Waals surface area contributed by atoms with Crippen LogP contribution in [0.15, 0.2) is 21.2 Å². The smallest absolute Gasteiger partial charge is 0.320 e. The van der Waals surface area contributed by atoms with Gasteiger partial charge in [0.05, 0.1) is 5.69 Å². The van der Waals surface area contributed by atoms with Crippen molar-refractivity contribution in [1.82, 2.24) is 9.88 Å². The molecule has 4 nitrogen and oxygen atoms in total. The minimum absolute atomic E-state index is 0.379. The zero-order valence-corrected chi connectivity index (χ0v) is 12.9. The Morgan fingerprint density at radius 1 is 1.50 bits per heavy atom. The van der Waals surface area contributed by atoms with E-state index in [2.05, 4.69) is 36.8 Å². The summed E-state index contributed by atoms with van der Waals surface area (Å²) in [6.07, 6.45) is 4.50. The maximum atomic E-state index is 11.2. The number of hydrogen-bond acceptors (Lipinski definition) is 3. The van der Waals surface area contributed by atoms with Crippen LogP contribution in [-0.4, -0.2) is 33.5 Å². The molecule has 0 aromatic carbocycles. The first-order chi connectivity index (χ1) is 8.58. The Kier molecular flexibility index (Phi) is 4.75. The second-order valence-corrected chi connectivity index (χ2v) is 6.17. The molecule has 1 atom stereocenters. The number of piperidine rings is 1. The van der Waals surface area contributed by atoms with E-state index in [9.17, 15) is 9.90 Å². The van der Waals surface area contributed by atoms with Gasteiger partial charge in [0.15, 0.2) is 0 Å². The van der Waals surface area contributed by atoms with Crippen LogP contribution in [0.5, 0.6) is 0 Å². The topological polar surface area (TPSA) is 53.4 Å². The maximum absolute atomic E-state index is 11.2. The minimum atomic E-state index is -0.733. The van der Waals surface area contributed by atoms with Crippen molar-refractivity contribution in [2.45, 2.75) is 31.8 Å². The van der Waals surface area contributed by atoms with Gasteiger partial charge in [-0.3, -0.25) is 14.7 Å². The number of aromatic nitrogens is 1. The Morgan fingerprint density at radius 2 is 2.28 bits per heavy atom. The average molecular weight is 378 g/mol. The summed E-state index contributed by atoms with van der Waals surface area (Å²) in [7, 11) is 0. The third-order valence-corrected chi connectivity index (χ3v) is 4.26. The number of carboxylic acid groups (broad SMARTS) is 1. The van der Waals surface area contributed by atoms with Gasteiger partial charge in [-0.05, 0) is 57.3 Å². The molecule has 0 spiro atoms. The van der Waals surface area contributed by atoms with Crippen molar-refractivity contribution in [3.8, 4) is 0 Å². The predicted octanol–water partition coefficient (Wildman–Crippen LogP) is 3.05. The molecule has 1 aromatic heterocycles. The van der Waals surface area contributed by atoms with Crippen molar-refractivity contribution in [2.75, 3.05) is 6.54 Å². The summed E-state index contributed by atoms with van der Waals surface area (Å²) in [5, 5.41) is 9.22. The Bertz CT molecular complexity index is 454. The lowest BCUT2D eigenvalue weighted by Crippen LogP contribution is -2.44. The summed E-state index contributed by atoms with van der Waals surface area (Å²) in [4.78, 5) is 17.5. The van der Waals surface area contributed by atoms with E-state index in [-0.39, 0.29) is 6.04 Å². The monoisotopic (exact) mass is 376 g/mol. The van der Waals surface area contributed by atoms with E-state index in [1.54, 1.807) is 6.20 Å². The van der Waals surface area contributed by atoms with Gasteiger partial charge in [0.25, 0.3) is 0 Å². The van der Waals surface area contributed by atoms with Gasteiger partial charge in [-0.1, -0.05) is 6.42 Å². The predicted molar refractivity (Wildman–Crippen MR) is 75.3 cm³/mol. The number of likely N-dealkylation sites (tertiary alicyclic amines) is 1. The lowest BCUT2D eigenvalue weighted by atomic mass is 10.0. The molecule has 2 rings (SSSR count). The quantitative estimate of drug-likeness (QED) is 0.879. The van der Waals surface area contributed by atoms with Gasteiger partial charge in [0.2, 0.25) is 0 Å². The highest BCUT2D eigenvalue weighted by Crippen LogP contribution is 2.24. The molecular weight excluding hydrogens is 364 g/mol. The first-order valence-electron chi connectivity index (χ1n) is 5.84. The number of halogens is 2. The van der Waals surface area contributed by atoms with Crippen LogP contribution >= 0.6 is 31.9 Å². The van der Waals surface area contributed by atoms with E-state index >= 15 is 0 Å². The fraction of sp³-hybridized carbons (Fsp3) is 0.500. The Hall–Kier alpha value is -0.460. The van der Waals surface area contributed by atoms with E-state index in [4.69, 9.17) is 0 Å². The molecule has 2 heterocycles. The molecule has 1 N–H and O–H groups in total. The van der Waals surface area contributed by atoms with Crippen molar-refractivity contribution in [2.24, 2.45) is 0 Å². The molecule has 1 unspecified atom stereocenters. The molecule has 6 heteroatoms.